The van der Waals surface area contributed by atoms with Gasteiger partial charge in [-0.15, -0.1) is 0 Å². The Balaban J connectivity index is 4.05. The molecule has 0 rings (SSSR count). The highest BCUT2D eigenvalue weighted by molar-refractivity contribution is 4.76. The van der Waals surface area contributed by atoms with Crippen molar-refractivity contribution in [2.75, 3.05) is 6.54 Å². The molecule has 0 saturated carbocycles. The highest BCUT2D eigenvalue weighted by atomic mass is 14.9. The second-order valence-electron chi connectivity index (χ2n) is 7.12. The van der Waals surface area contributed by atoms with Crippen molar-refractivity contribution in [1.82, 2.24) is 5.32 Å². The summed E-state index contributed by atoms with van der Waals surface area (Å²) in [6.45, 7) is 17.3. The Hall–Kier alpha value is -0.0400. The molecule has 1 N–H and O–H groups in total. The first kappa shape index (κ1) is 15.0. The largest absolute Gasteiger partial charge is 0.314 e. The van der Waals surface area contributed by atoms with Gasteiger partial charge in [-0.1, -0.05) is 48.5 Å². The van der Waals surface area contributed by atoms with Gasteiger partial charge in [-0.05, 0) is 36.6 Å². The summed E-state index contributed by atoms with van der Waals surface area (Å²) < 4.78 is 0. The van der Waals surface area contributed by atoms with E-state index in [0.29, 0.717) is 16.9 Å². The maximum Gasteiger partial charge on any atom is 0.00721 e. The molecule has 92 valence electrons. The van der Waals surface area contributed by atoms with Crippen molar-refractivity contribution in [3.05, 3.63) is 0 Å². The van der Waals surface area contributed by atoms with Gasteiger partial charge < -0.3 is 5.32 Å². The number of hydrogen-bond acceptors (Lipinski definition) is 1. The minimum absolute atomic E-state index is 0.435. The zero-order valence-electron chi connectivity index (χ0n) is 11.9. The first-order valence-electron chi connectivity index (χ1n) is 6.37. The van der Waals surface area contributed by atoms with Crippen LogP contribution < -0.4 is 5.32 Å². The van der Waals surface area contributed by atoms with Gasteiger partial charge >= 0.3 is 0 Å². The molecule has 0 aromatic heterocycles. The van der Waals surface area contributed by atoms with E-state index >= 15 is 0 Å². The summed E-state index contributed by atoms with van der Waals surface area (Å²) in [7, 11) is 0. The molecule has 1 nitrogen and oxygen atoms in total. The molecular formula is C14H31N. The summed E-state index contributed by atoms with van der Waals surface area (Å²) in [4.78, 5) is 0. The van der Waals surface area contributed by atoms with E-state index in [1.165, 1.54) is 19.3 Å². The molecule has 0 amide bonds. The van der Waals surface area contributed by atoms with E-state index < -0.39 is 0 Å². The SMILES string of the molecule is CCNC(CCC(C)(C)C)CC(C)(C)C. The predicted molar refractivity (Wildman–Crippen MR) is 70.2 cm³/mol. The van der Waals surface area contributed by atoms with E-state index in [0.717, 1.165) is 6.54 Å². The van der Waals surface area contributed by atoms with Gasteiger partial charge in [0.15, 0.2) is 0 Å². The third-order valence-electron chi connectivity index (χ3n) is 2.59. The minimum atomic E-state index is 0.435. The van der Waals surface area contributed by atoms with Crippen LogP contribution in [0.2, 0.25) is 0 Å². The fraction of sp³-hybridized carbons (Fsp3) is 1.00. The topological polar surface area (TPSA) is 12.0 Å². The summed E-state index contributed by atoms with van der Waals surface area (Å²) in [6, 6.07) is 0.689. The van der Waals surface area contributed by atoms with E-state index in [2.05, 4.69) is 53.8 Å². The van der Waals surface area contributed by atoms with Crippen LogP contribution >= 0.6 is 0 Å². The lowest BCUT2D eigenvalue weighted by Gasteiger charge is -2.29. The predicted octanol–water partition coefficient (Wildman–Crippen LogP) is 4.23. The molecule has 0 radical (unpaired) electrons. The Morgan fingerprint density at radius 2 is 1.47 bits per heavy atom. The minimum Gasteiger partial charge on any atom is -0.314 e. The van der Waals surface area contributed by atoms with E-state index in [1.54, 1.807) is 0 Å². The lowest BCUT2D eigenvalue weighted by atomic mass is 9.82. The molecular weight excluding hydrogens is 182 g/mol. The summed E-state index contributed by atoms with van der Waals surface area (Å²) in [5.41, 5.74) is 0.899. The summed E-state index contributed by atoms with van der Waals surface area (Å²) in [5.74, 6) is 0. The quantitative estimate of drug-likeness (QED) is 0.721. The Kier molecular flexibility index (Phi) is 5.87. The van der Waals surface area contributed by atoms with Crippen molar-refractivity contribution in [2.45, 2.75) is 73.8 Å². The van der Waals surface area contributed by atoms with Gasteiger partial charge in [-0.25, -0.2) is 0 Å². The third-order valence-corrected chi connectivity index (χ3v) is 2.59. The summed E-state index contributed by atoms with van der Waals surface area (Å²) in [6.07, 6.45) is 3.88. The average Bonchev–Trinajstić information content (AvgIpc) is 1.96. The number of rotatable bonds is 5. The zero-order chi connectivity index (χ0) is 12.1. The van der Waals surface area contributed by atoms with E-state index in [9.17, 15) is 0 Å². The lowest BCUT2D eigenvalue weighted by molar-refractivity contribution is 0.266. The molecule has 0 aromatic carbocycles. The van der Waals surface area contributed by atoms with Gasteiger partial charge in [-0.3, -0.25) is 0 Å². The molecule has 0 spiro atoms. The number of nitrogens with one attached hydrogen (secondary N) is 1. The highest BCUT2D eigenvalue weighted by Crippen LogP contribution is 2.27. The summed E-state index contributed by atoms with van der Waals surface area (Å²) >= 11 is 0. The highest BCUT2D eigenvalue weighted by Gasteiger charge is 2.20. The van der Waals surface area contributed by atoms with Crippen LogP contribution in [-0.4, -0.2) is 12.6 Å². The molecule has 0 bridgehead atoms. The summed E-state index contributed by atoms with van der Waals surface area (Å²) in [5, 5.41) is 3.61. The molecule has 0 fully saturated rings. The van der Waals surface area contributed by atoms with Crippen LogP contribution in [0, 0.1) is 10.8 Å². The Morgan fingerprint density at radius 3 is 1.80 bits per heavy atom. The van der Waals surface area contributed by atoms with Gasteiger partial charge in [0.25, 0.3) is 0 Å². The standard InChI is InChI=1S/C14H31N/c1-8-15-12(11-14(5,6)7)9-10-13(2,3)4/h12,15H,8-11H2,1-7H3. The van der Waals surface area contributed by atoms with Gasteiger partial charge in [0.1, 0.15) is 0 Å². The first-order valence-corrected chi connectivity index (χ1v) is 6.37. The molecule has 1 atom stereocenters. The molecule has 0 aliphatic rings. The molecule has 0 aromatic rings. The first-order chi connectivity index (χ1) is 6.64. The Morgan fingerprint density at radius 1 is 0.933 bits per heavy atom. The molecule has 0 aliphatic carbocycles. The van der Waals surface area contributed by atoms with Crippen molar-refractivity contribution in [3.63, 3.8) is 0 Å². The van der Waals surface area contributed by atoms with E-state index in [4.69, 9.17) is 0 Å². The van der Waals surface area contributed by atoms with Crippen LogP contribution in [0.15, 0.2) is 0 Å². The Bertz CT molecular complexity index is 159. The van der Waals surface area contributed by atoms with Crippen molar-refractivity contribution in [1.29, 1.82) is 0 Å². The van der Waals surface area contributed by atoms with E-state index in [1.807, 2.05) is 0 Å². The lowest BCUT2D eigenvalue weighted by Crippen LogP contribution is -2.33. The van der Waals surface area contributed by atoms with Crippen LogP contribution in [0.5, 0.6) is 0 Å². The van der Waals surface area contributed by atoms with Gasteiger partial charge in [0.05, 0.1) is 0 Å². The van der Waals surface area contributed by atoms with Gasteiger partial charge in [0, 0.05) is 6.04 Å². The number of hydrogen-bond donors (Lipinski definition) is 1. The second-order valence-corrected chi connectivity index (χ2v) is 7.12. The monoisotopic (exact) mass is 213 g/mol. The van der Waals surface area contributed by atoms with Crippen molar-refractivity contribution in [2.24, 2.45) is 10.8 Å². The zero-order valence-corrected chi connectivity index (χ0v) is 11.9. The van der Waals surface area contributed by atoms with E-state index in [-0.39, 0.29) is 0 Å². The van der Waals surface area contributed by atoms with Gasteiger partial charge in [-0.2, -0.15) is 0 Å². The van der Waals surface area contributed by atoms with Crippen LogP contribution in [0.25, 0.3) is 0 Å². The normalized spacial score (nSPS) is 15.4. The maximum atomic E-state index is 3.61. The Labute approximate surface area is 97.0 Å². The van der Waals surface area contributed by atoms with Crippen LogP contribution in [0.3, 0.4) is 0 Å². The fourth-order valence-corrected chi connectivity index (χ4v) is 1.91. The molecule has 0 heterocycles. The van der Waals surface area contributed by atoms with Crippen LogP contribution in [-0.2, 0) is 0 Å². The van der Waals surface area contributed by atoms with Crippen LogP contribution in [0.1, 0.15) is 67.7 Å². The molecule has 0 saturated heterocycles. The van der Waals surface area contributed by atoms with Crippen LogP contribution in [0.4, 0.5) is 0 Å². The smallest absolute Gasteiger partial charge is 0.00721 e. The molecule has 0 aliphatic heterocycles. The van der Waals surface area contributed by atoms with Crippen molar-refractivity contribution < 1.29 is 0 Å². The van der Waals surface area contributed by atoms with Gasteiger partial charge in [0.2, 0.25) is 0 Å². The average molecular weight is 213 g/mol. The van der Waals surface area contributed by atoms with Crippen molar-refractivity contribution in [3.8, 4) is 0 Å². The maximum absolute atomic E-state index is 3.61. The third kappa shape index (κ3) is 10.2. The fourth-order valence-electron chi connectivity index (χ4n) is 1.91. The second kappa shape index (κ2) is 5.89. The van der Waals surface area contributed by atoms with Crippen molar-refractivity contribution >= 4 is 0 Å². The molecule has 15 heavy (non-hydrogen) atoms. The molecule has 1 heteroatoms. The molecule has 1 unspecified atom stereocenters.